The van der Waals surface area contributed by atoms with Crippen LogP contribution < -0.4 is 14.2 Å². The number of methoxy groups -OCH3 is 3. The Hall–Kier alpha value is -4.04. The van der Waals surface area contributed by atoms with Gasteiger partial charge in [0.15, 0.2) is 23.9 Å². The third-order valence-corrected chi connectivity index (χ3v) is 7.68. The van der Waals surface area contributed by atoms with Crippen LogP contribution in [0.5, 0.6) is 23.0 Å². The lowest BCUT2D eigenvalue weighted by atomic mass is 9.98. The minimum Gasteiger partial charge on any atom is -0.508 e. The van der Waals surface area contributed by atoms with Gasteiger partial charge in [-0.2, -0.15) is 0 Å². The lowest BCUT2D eigenvalue weighted by Crippen LogP contribution is -2.63. The Bertz CT molecular complexity index is 1410. The van der Waals surface area contributed by atoms with Gasteiger partial charge in [-0.1, -0.05) is 0 Å². The molecule has 2 aromatic carbocycles. The van der Waals surface area contributed by atoms with E-state index in [2.05, 4.69) is 0 Å². The zero-order chi connectivity index (χ0) is 35.2. The normalized spacial score (nSPS) is 30.2. The summed E-state index contributed by atoms with van der Waals surface area (Å²) in [5.41, 5.74) is 0.476. The van der Waals surface area contributed by atoms with Gasteiger partial charge in [0.2, 0.25) is 11.5 Å². The molecular weight excluding hydrogens is 644 g/mol. The Morgan fingerprint density at radius 1 is 0.875 bits per heavy atom. The molecule has 0 spiro atoms. The zero-order valence-electron chi connectivity index (χ0n) is 26.1. The van der Waals surface area contributed by atoms with Crippen molar-refractivity contribution in [2.75, 3.05) is 41.2 Å². The number of ether oxygens (including phenoxy) is 8. The molecule has 264 valence electrons. The molecule has 17 heteroatoms. The first-order valence-electron chi connectivity index (χ1n) is 14.5. The summed E-state index contributed by atoms with van der Waals surface area (Å²) >= 11 is 0. The molecule has 2 aliphatic rings. The molecule has 2 heterocycles. The number of phenolic OH excluding ortho intramolecular Hbond substituents is 1. The lowest BCUT2D eigenvalue weighted by Gasteiger charge is -2.43. The number of aromatic hydroxyl groups is 1. The highest BCUT2D eigenvalue weighted by Gasteiger charge is 2.60. The lowest BCUT2D eigenvalue weighted by molar-refractivity contribution is -0.383. The monoisotopic (exact) mass is 682 g/mol. The summed E-state index contributed by atoms with van der Waals surface area (Å²) in [4.78, 5) is 25.4. The Labute approximate surface area is 274 Å². The second kappa shape index (κ2) is 15.9. The Kier molecular flexibility index (Phi) is 12.2. The van der Waals surface area contributed by atoms with E-state index < -0.39 is 86.6 Å². The topological polar surface area (TPSA) is 250 Å². The highest BCUT2D eigenvalue weighted by atomic mass is 16.8. The summed E-state index contributed by atoms with van der Waals surface area (Å²) in [6.45, 7) is -2.59. The van der Waals surface area contributed by atoms with Crippen LogP contribution in [0.15, 0.2) is 42.5 Å². The van der Waals surface area contributed by atoms with E-state index in [1.807, 2.05) is 0 Å². The second-order valence-corrected chi connectivity index (χ2v) is 10.7. The van der Waals surface area contributed by atoms with Crippen molar-refractivity contribution >= 4 is 18.0 Å². The van der Waals surface area contributed by atoms with Crippen molar-refractivity contribution in [1.29, 1.82) is 0 Å². The molecule has 0 aromatic heterocycles. The van der Waals surface area contributed by atoms with Gasteiger partial charge >= 0.3 is 11.9 Å². The van der Waals surface area contributed by atoms with Crippen molar-refractivity contribution < 1.29 is 83.2 Å². The molecule has 2 aliphatic heterocycles. The number of hydrogen-bond acceptors (Lipinski definition) is 17. The molecule has 0 saturated carbocycles. The van der Waals surface area contributed by atoms with E-state index in [1.54, 1.807) is 12.1 Å². The summed E-state index contributed by atoms with van der Waals surface area (Å²) < 4.78 is 43.3. The quantitative estimate of drug-likeness (QED) is 0.0934. The molecule has 2 fully saturated rings. The largest absolute Gasteiger partial charge is 0.508 e. The van der Waals surface area contributed by atoms with Crippen LogP contribution in [0.2, 0.25) is 0 Å². The van der Waals surface area contributed by atoms with Crippen LogP contribution in [0.1, 0.15) is 15.9 Å². The van der Waals surface area contributed by atoms with Crippen molar-refractivity contribution in [2.24, 2.45) is 0 Å². The first-order chi connectivity index (χ1) is 22.9. The second-order valence-electron chi connectivity index (χ2n) is 10.7. The number of aliphatic hydroxyl groups excluding tert-OH is 6. The minimum absolute atomic E-state index is 0.0538. The maximum Gasteiger partial charge on any atom is 0.338 e. The zero-order valence-corrected chi connectivity index (χ0v) is 26.1. The van der Waals surface area contributed by atoms with Gasteiger partial charge in [-0.15, -0.1) is 0 Å². The molecule has 2 saturated heterocycles. The van der Waals surface area contributed by atoms with Crippen molar-refractivity contribution in [1.82, 2.24) is 0 Å². The predicted molar refractivity (Wildman–Crippen MR) is 159 cm³/mol. The number of hydrogen-bond donors (Lipinski definition) is 7. The molecule has 48 heavy (non-hydrogen) atoms. The number of esters is 2. The number of phenols is 1. The summed E-state index contributed by atoms with van der Waals surface area (Å²) in [5.74, 6) is -3.57. The number of rotatable bonds is 13. The molecule has 0 radical (unpaired) electrons. The van der Waals surface area contributed by atoms with E-state index in [0.717, 1.165) is 6.08 Å². The van der Waals surface area contributed by atoms with Crippen LogP contribution in [0, 0.1) is 0 Å². The molecule has 17 nitrogen and oxygen atoms in total. The van der Waals surface area contributed by atoms with Gasteiger partial charge in [0.25, 0.3) is 0 Å². The molecule has 0 aliphatic carbocycles. The van der Waals surface area contributed by atoms with Crippen LogP contribution in [0.4, 0.5) is 0 Å². The Morgan fingerprint density at radius 2 is 1.52 bits per heavy atom. The summed E-state index contributed by atoms with van der Waals surface area (Å²) in [6, 6.07) is 8.16. The average molecular weight is 683 g/mol. The van der Waals surface area contributed by atoms with Crippen molar-refractivity contribution in [3.8, 4) is 23.0 Å². The molecule has 0 bridgehead atoms. The fourth-order valence-corrected chi connectivity index (χ4v) is 5.13. The summed E-state index contributed by atoms with van der Waals surface area (Å²) in [5, 5.41) is 72.2. The molecule has 8 unspecified atom stereocenters. The van der Waals surface area contributed by atoms with Crippen molar-refractivity contribution in [2.45, 2.75) is 54.8 Å². The van der Waals surface area contributed by atoms with Gasteiger partial charge in [0.05, 0.1) is 33.5 Å². The number of carbonyl (C=O) groups is 2. The Morgan fingerprint density at radius 3 is 2.08 bits per heavy atom. The number of carbonyl (C=O) groups excluding carboxylic acids is 2. The van der Waals surface area contributed by atoms with Crippen LogP contribution in [0.3, 0.4) is 0 Å². The molecule has 9 atom stereocenters. The van der Waals surface area contributed by atoms with E-state index >= 15 is 0 Å². The van der Waals surface area contributed by atoms with Gasteiger partial charge in [-0.25, -0.2) is 9.59 Å². The van der Waals surface area contributed by atoms with Gasteiger partial charge < -0.3 is 73.6 Å². The number of aliphatic hydroxyl groups is 6. The summed E-state index contributed by atoms with van der Waals surface area (Å²) in [6.07, 6.45) is -11.9. The number of benzene rings is 2. The predicted octanol–water partition coefficient (Wildman–Crippen LogP) is -1.54. The van der Waals surface area contributed by atoms with Crippen molar-refractivity contribution in [3.63, 3.8) is 0 Å². The molecule has 2 aromatic rings. The Balaban J connectivity index is 1.51. The van der Waals surface area contributed by atoms with Gasteiger partial charge in [0, 0.05) is 6.08 Å². The van der Waals surface area contributed by atoms with Crippen LogP contribution in [0.25, 0.3) is 6.08 Å². The summed E-state index contributed by atoms with van der Waals surface area (Å²) in [7, 11) is 4.24. The fourth-order valence-electron chi connectivity index (χ4n) is 5.13. The van der Waals surface area contributed by atoms with Gasteiger partial charge in [-0.3, -0.25) is 0 Å². The maximum absolute atomic E-state index is 13.0. The highest BCUT2D eigenvalue weighted by molar-refractivity contribution is 5.89. The van der Waals surface area contributed by atoms with Crippen molar-refractivity contribution in [3.05, 3.63) is 53.6 Å². The molecular formula is C31H38O17. The van der Waals surface area contributed by atoms with E-state index in [1.165, 1.54) is 51.7 Å². The van der Waals surface area contributed by atoms with Gasteiger partial charge in [-0.05, 0) is 48.0 Å². The standard InChI is InChI=1S/C31H38O17/c1-41-18-10-15(11-19(42-2)27(18)43-3)4-9-22(35)46-28-24(37)20(12-32)47-31(28,14-33)48-30-26(39)25(38)23(36)21(45-30)13-44-29(40)16-5-7-17(34)8-6-16/h4-11,20-21,23-26,28,30,32-34,36-39H,12-14H2,1-3H3/t20?,21?,23?,24?,25?,26?,28?,30?,31-/m1/s1. The van der Waals surface area contributed by atoms with Crippen LogP contribution >= 0.6 is 0 Å². The first-order valence-corrected chi connectivity index (χ1v) is 14.5. The van der Waals surface area contributed by atoms with E-state index in [9.17, 15) is 45.3 Å². The first kappa shape index (κ1) is 36.8. The van der Waals surface area contributed by atoms with E-state index in [-0.39, 0.29) is 11.3 Å². The van der Waals surface area contributed by atoms with Crippen LogP contribution in [-0.4, -0.2) is 144 Å². The molecule has 7 N–H and O–H groups in total. The minimum atomic E-state index is -2.47. The fraction of sp³-hybridized carbons (Fsp3) is 0.484. The van der Waals surface area contributed by atoms with E-state index in [4.69, 9.17) is 37.9 Å². The third kappa shape index (κ3) is 7.81. The van der Waals surface area contributed by atoms with Gasteiger partial charge in [0.1, 0.15) is 55.6 Å². The highest BCUT2D eigenvalue weighted by Crippen LogP contribution is 2.40. The maximum atomic E-state index is 13.0. The SMILES string of the molecule is COc1cc(C=CC(=O)OC2C(O)C(CO)O[C@]2(CO)OC2OC(COC(=O)c3ccc(O)cc3)C(O)C(O)C2O)cc(OC)c1OC. The van der Waals surface area contributed by atoms with Crippen LogP contribution in [-0.2, 0) is 28.5 Å². The molecule has 0 amide bonds. The van der Waals surface area contributed by atoms with E-state index in [0.29, 0.717) is 22.8 Å². The molecule has 4 rings (SSSR count). The average Bonchev–Trinajstić information content (AvgIpc) is 3.36. The smallest absolute Gasteiger partial charge is 0.338 e. The third-order valence-electron chi connectivity index (χ3n) is 7.68.